The Morgan fingerprint density at radius 3 is 2.62 bits per heavy atom. The van der Waals surface area contributed by atoms with Crippen molar-refractivity contribution in [2.45, 2.75) is 38.3 Å². The summed E-state index contributed by atoms with van der Waals surface area (Å²) in [6.45, 7) is 2.91. The number of hydrogen-bond acceptors (Lipinski definition) is 5. The third-order valence-corrected chi connectivity index (χ3v) is 5.21. The zero-order valence-corrected chi connectivity index (χ0v) is 13.3. The first-order chi connectivity index (χ1) is 11.4. The minimum atomic E-state index is -1.34. The molecular formula is C17H17N3O4. The standard InChI is InChI=1S/C17H17N3O4/c1-17(6-4-12(21)19-16(17)24)20-14(22)10-3-2-9-5-7-18-8-11(9)13(10)15(20)23/h2-3,18H,4-8H2,1H3,(H,19,21,24). The number of hydrogen-bond donors (Lipinski definition) is 2. The number of nitrogens with zero attached hydrogens (tertiary/aromatic N) is 1. The molecule has 0 aromatic heterocycles. The smallest absolute Gasteiger partial charge is 0.262 e. The molecule has 1 saturated heterocycles. The molecule has 7 nitrogen and oxygen atoms in total. The average Bonchev–Trinajstić information content (AvgIpc) is 2.83. The predicted octanol–water partition coefficient (Wildman–Crippen LogP) is 0.124. The number of imide groups is 2. The van der Waals surface area contributed by atoms with Crippen LogP contribution in [0.25, 0.3) is 0 Å². The third-order valence-electron chi connectivity index (χ3n) is 5.21. The molecule has 3 heterocycles. The van der Waals surface area contributed by atoms with Crippen molar-refractivity contribution >= 4 is 23.6 Å². The Morgan fingerprint density at radius 1 is 1.08 bits per heavy atom. The summed E-state index contributed by atoms with van der Waals surface area (Å²) in [5.41, 5.74) is 1.30. The maximum Gasteiger partial charge on any atom is 0.262 e. The lowest BCUT2D eigenvalue weighted by Gasteiger charge is -2.38. The second-order valence-corrected chi connectivity index (χ2v) is 6.65. The molecule has 0 radical (unpaired) electrons. The summed E-state index contributed by atoms with van der Waals surface area (Å²) in [4.78, 5) is 50.7. The van der Waals surface area contributed by atoms with E-state index >= 15 is 0 Å². The van der Waals surface area contributed by atoms with Gasteiger partial charge in [-0.1, -0.05) is 6.07 Å². The summed E-state index contributed by atoms with van der Waals surface area (Å²) >= 11 is 0. The fourth-order valence-electron chi connectivity index (χ4n) is 3.77. The van der Waals surface area contributed by atoms with Gasteiger partial charge in [-0.3, -0.25) is 29.4 Å². The zero-order valence-electron chi connectivity index (χ0n) is 13.3. The van der Waals surface area contributed by atoms with E-state index in [2.05, 4.69) is 10.6 Å². The van der Waals surface area contributed by atoms with E-state index < -0.39 is 23.3 Å². The van der Waals surface area contributed by atoms with Crippen molar-refractivity contribution in [3.05, 3.63) is 34.4 Å². The highest BCUT2D eigenvalue weighted by atomic mass is 16.2. The van der Waals surface area contributed by atoms with Crippen LogP contribution >= 0.6 is 0 Å². The van der Waals surface area contributed by atoms with Crippen LogP contribution in [-0.4, -0.2) is 40.6 Å². The average molecular weight is 327 g/mol. The number of amides is 4. The summed E-state index contributed by atoms with van der Waals surface area (Å²) in [7, 11) is 0. The summed E-state index contributed by atoms with van der Waals surface area (Å²) in [5, 5.41) is 5.46. The van der Waals surface area contributed by atoms with Gasteiger partial charge in [-0.2, -0.15) is 0 Å². The Kier molecular flexibility index (Phi) is 3.11. The number of nitrogens with one attached hydrogen (secondary N) is 2. The lowest BCUT2D eigenvalue weighted by atomic mass is 9.89. The van der Waals surface area contributed by atoms with Gasteiger partial charge >= 0.3 is 0 Å². The molecule has 1 fully saturated rings. The lowest BCUT2D eigenvalue weighted by molar-refractivity contribution is -0.140. The van der Waals surface area contributed by atoms with Crippen LogP contribution in [0.1, 0.15) is 51.6 Å². The van der Waals surface area contributed by atoms with E-state index in [1.54, 1.807) is 13.0 Å². The molecule has 3 aliphatic rings. The lowest BCUT2D eigenvalue weighted by Crippen LogP contribution is -2.62. The molecule has 0 saturated carbocycles. The van der Waals surface area contributed by atoms with Crippen LogP contribution in [-0.2, 0) is 22.6 Å². The van der Waals surface area contributed by atoms with Crippen molar-refractivity contribution in [1.82, 2.24) is 15.5 Å². The Labute approximate surface area is 138 Å². The van der Waals surface area contributed by atoms with Crippen LogP contribution in [0.5, 0.6) is 0 Å². The molecule has 1 unspecified atom stereocenters. The van der Waals surface area contributed by atoms with Gasteiger partial charge in [0.2, 0.25) is 5.91 Å². The second-order valence-electron chi connectivity index (χ2n) is 6.65. The SMILES string of the molecule is CC1(N2C(=O)c3ccc4c(c3C2=O)CNCC4)CCC(=O)NC1=O. The minimum Gasteiger partial charge on any atom is -0.312 e. The summed E-state index contributed by atoms with van der Waals surface area (Å²) in [6.07, 6.45) is 1.05. The molecule has 1 atom stereocenters. The van der Waals surface area contributed by atoms with Crippen LogP contribution in [0.4, 0.5) is 0 Å². The first kappa shape index (κ1) is 15.0. The summed E-state index contributed by atoms with van der Waals surface area (Å²) in [5.74, 6) is -1.88. The molecule has 0 spiro atoms. The van der Waals surface area contributed by atoms with E-state index in [0.29, 0.717) is 17.7 Å². The van der Waals surface area contributed by atoms with Crippen molar-refractivity contribution in [3.63, 3.8) is 0 Å². The van der Waals surface area contributed by atoms with E-state index in [4.69, 9.17) is 0 Å². The van der Waals surface area contributed by atoms with Gasteiger partial charge < -0.3 is 5.32 Å². The normalized spacial score (nSPS) is 26.3. The minimum absolute atomic E-state index is 0.106. The maximum atomic E-state index is 13.0. The molecule has 1 aromatic rings. The van der Waals surface area contributed by atoms with Crippen molar-refractivity contribution in [3.8, 4) is 0 Å². The molecule has 0 bridgehead atoms. The van der Waals surface area contributed by atoms with Gasteiger partial charge in [-0.15, -0.1) is 0 Å². The fourth-order valence-corrected chi connectivity index (χ4v) is 3.77. The number of benzene rings is 1. The Morgan fingerprint density at radius 2 is 1.88 bits per heavy atom. The largest absolute Gasteiger partial charge is 0.312 e. The van der Waals surface area contributed by atoms with Crippen LogP contribution in [0, 0.1) is 0 Å². The van der Waals surface area contributed by atoms with Gasteiger partial charge in [-0.25, -0.2) is 0 Å². The number of rotatable bonds is 1. The van der Waals surface area contributed by atoms with Gasteiger partial charge in [0.1, 0.15) is 5.54 Å². The van der Waals surface area contributed by atoms with Gasteiger partial charge in [0.25, 0.3) is 17.7 Å². The van der Waals surface area contributed by atoms with E-state index in [1.807, 2.05) is 6.07 Å². The Bertz CT molecular complexity index is 816. The van der Waals surface area contributed by atoms with Crippen molar-refractivity contribution < 1.29 is 19.2 Å². The molecule has 3 aliphatic heterocycles. The Hall–Kier alpha value is -2.54. The van der Waals surface area contributed by atoms with E-state index in [9.17, 15) is 19.2 Å². The van der Waals surface area contributed by atoms with Crippen LogP contribution < -0.4 is 10.6 Å². The Balaban J connectivity index is 1.80. The first-order valence-electron chi connectivity index (χ1n) is 8.02. The molecule has 4 rings (SSSR count). The number of carbonyl (C=O) groups excluding carboxylic acids is 4. The van der Waals surface area contributed by atoms with Gasteiger partial charge in [0.15, 0.2) is 0 Å². The highest BCUT2D eigenvalue weighted by molar-refractivity contribution is 6.25. The first-order valence-corrected chi connectivity index (χ1v) is 8.02. The summed E-state index contributed by atoms with van der Waals surface area (Å²) in [6, 6.07) is 3.56. The highest BCUT2D eigenvalue weighted by Crippen LogP contribution is 2.36. The molecule has 7 heteroatoms. The van der Waals surface area contributed by atoms with E-state index in [1.165, 1.54) is 0 Å². The van der Waals surface area contributed by atoms with Gasteiger partial charge in [0.05, 0.1) is 11.1 Å². The van der Waals surface area contributed by atoms with Crippen molar-refractivity contribution in [2.24, 2.45) is 0 Å². The van der Waals surface area contributed by atoms with Crippen molar-refractivity contribution in [2.75, 3.05) is 6.54 Å². The van der Waals surface area contributed by atoms with Crippen molar-refractivity contribution in [1.29, 1.82) is 0 Å². The summed E-state index contributed by atoms with van der Waals surface area (Å²) < 4.78 is 0. The molecule has 2 N–H and O–H groups in total. The topological polar surface area (TPSA) is 95.6 Å². The third kappa shape index (κ3) is 1.88. The fraction of sp³-hybridized carbons (Fsp3) is 0.412. The number of fused-ring (bicyclic) bond motifs is 3. The van der Waals surface area contributed by atoms with Crippen LogP contribution in [0.2, 0.25) is 0 Å². The van der Waals surface area contributed by atoms with Gasteiger partial charge in [-0.05, 0) is 43.5 Å². The molecule has 24 heavy (non-hydrogen) atoms. The van der Waals surface area contributed by atoms with Crippen LogP contribution in [0.3, 0.4) is 0 Å². The quantitative estimate of drug-likeness (QED) is 0.715. The molecular weight excluding hydrogens is 310 g/mol. The van der Waals surface area contributed by atoms with Crippen LogP contribution in [0.15, 0.2) is 12.1 Å². The molecule has 1 aromatic carbocycles. The molecule has 4 amide bonds. The second kappa shape index (κ2) is 4.98. The van der Waals surface area contributed by atoms with E-state index in [0.717, 1.165) is 29.0 Å². The predicted molar refractivity (Wildman–Crippen MR) is 83.1 cm³/mol. The number of piperidine rings is 1. The molecule has 0 aliphatic carbocycles. The van der Waals surface area contributed by atoms with Gasteiger partial charge in [0, 0.05) is 13.0 Å². The highest BCUT2D eigenvalue weighted by Gasteiger charge is 2.53. The molecule has 124 valence electrons. The number of carbonyl (C=O) groups is 4. The monoisotopic (exact) mass is 327 g/mol. The maximum absolute atomic E-state index is 13.0. The van der Waals surface area contributed by atoms with E-state index in [-0.39, 0.29) is 18.7 Å². The zero-order chi connectivity index (χ0) is 17.1.